The third-order valence-corrected chi connectivity index (χ3v) is 5.93. The molecule has 182 valence electrons. The van der Waals surface area contributed by atoms with Gasteiger partial charge in [-0.05, 0) is 18.9 Å². The first-order chi connectivity index (χ1) is 15.5. The topological polar surface area (TPSA) is 86.6 Å². The summed E-state index contributed by atoms with van der Waals surface area (Å²) in [5.41, 5.74) is 0.597. The molecule has 5 nitrogen and oxygen atoms in total. The molecule has 0 aliphatic rings. The number of ketones is 1. The van der Waals surface area contributed by atoms with Gasteiger partial charge in [-0.1, -0.05) is 90.9 Å². The number of aromatic hydroxyl groups is 2. The number of Topliss-reactive ketones (excluding diaryl/α,β-unsaturated/α-hetero) is 1. The van der Waals surface area contributed by atoms with Gasteiger partial charge in [-0.25, -0.2) is 0 Å². The fraction of sp³-hybridized carbons (Fsp3) is 0.704. The molecule has 1 rings (SSSR count). The Bertz CT molecular complexity index is 614. The van der Waals surface area contributed by atoms with E-state index in [0.29, 0.717) is 18.4 Å². The van der Waals surface area contributed by atoms with Crippen molar-refractivity contribution in [2.75, 3.05) is 5.32 Å². The summed E-state index contributed by atoms with van der Waals surface area (Å²) in [5, 5.41) is 23.2. The number of anilines is 1. The number of hydrogen-bond acceptors (Lipinski definition) is 4. The fourth-order valence-corrected chi connectivity index (χ4v) is 3.90. The second-order valence-electron chi connectivity index (χ2n) is 9.00. The SMILES string of the molecule is CCCCCCCCCC(=O)Cc1cc(O)c(NC(=O)CCCCCCCCC)cc1O. The third-order valence-electron chi connectivity index (χ3n) is 5.93. The van der Waals surface area contributed by atoms with Crippen LogP contribution < -0.4 is 5.32 Å². The van der Waals surface area contributed by atoms with Crippen molar-refractivity contribution in [2.45, 2.75) is 123 Å². The first-order valence-corrected chi connectivity index (χ1v) is 12.8. The highest BCUT2D eigenvalue weighted by Crippen LogP contribution is 2.32. The maximum absolute atomic E-state index is 12.2. The van der Waals surface area contributed by atoms with Crippen LogP contribution in [0.25, 0.3) is 0 Å². The molecule has 0 bridgehead atoms. The highest BCUT2D eigenvalue weighted by molar-refractivity contribution is 5.92. The second kappa shape index (κ2) is 17.5. The number of nitrogens with one attached hydrogen (secondary N) is 1. The Labute approximate surface area is 195 Å². The standard InChI is InChI=1S/C27H45NO4/c1-3-5-7-9-11-13-15-17-23(29)19-22-20-26(31)24(21-25(22)30)28-27(32)18-16-14-12-10-8-6-4-2/h20-21,30-31H,3-19H2,1-2H3,(H,28,32). The summed E-state index contributed by atoms with van der Waals surface area (Å²) < 4.78 is 0. The minimum absolute atomic E-state index is 0.0592. The third kappa shape index (κ3) is 12.7. The maximum atomic E-state index is 12.2. The highest BCUT2D eigenvalue weighted by atomic mass is 16.3. The Kier molecular flexibility index (Phi) is 15.3. The van der Waals surface area contributed by atoms with E-state index in [-0.39, 0.29) is 35.3 Å². The molecule has 1 aromatic carbocycles. The van der Waals surface area contributed by atoms with Gasteiger partial charge in [-0.2, -0.15) is 0 Å². The summed E-state index contributed by atoms with van der Waals surface area (Å²) in [6, 6.07) is 2.73. The molecule has 3 N–H and O–H groups in total. The number of carbonyl (C=O) groups excluding carboxylic acids is 2. The zero-order chi connectivity index (χ0) is 23.6. The molecule has 1 aromatic rings. The minimum atomic E-state index is -0.170. The Morgan fingerprint density at radius 1 is 0.688 bits per heavy atom. The number of carbonyl (C=O) groups is 2. The van der Waals surface area contributed by atoms with Crippen LogP contribution in [0.2, 0.25) is 0 Å². The van der Waals surface area contributed by atoms with Gasteiger partial charge >= 0.3 is 0 Å². The van der Waals surface area contributed by atoms with Gasteiger partial charge < -0.3 is 15.5 Å². The number of amides is 1. The van der Waals surface area contributed by atoms with Crippen LogP contribution in [0.4, 0.5) is 5.69 Å². The second-order valence-corrected chi connectivity index (χ2v) is 9.00. The Morgan fingerprint density at radius 3 is 1.75 bits per heavy atom. The van der Waals surface area contributed by atoms with Gasteiger partial charge in [0.1, 0.15) is 17.3 Å². The predicted molar refractivity (Wildman–Crippen MR) is 132 cm³/mol. The minimum Gasteiger partial charge on any atom is -0.508 e. The van der Waals surface area contributed by atoms with Crippen LogP contribution in [0, 0.1) is 0 Å². The number of phenols is 2. The molecule has 32 heavy (non-hydrogen) atoms. The molecule has 0 radical (unpaired) electrons. The molecule has 0 unspecified atom stereocenters. The van der Waals surface area contributed by atoms with Gasteiger partial charge in [0.05, 0.1) is 5.69 Å². The summed E-state index contributed by atoms with van der Waals surface area (Å²) in [7, 11) is 0. The number of hydrogen-bond donors (Lipinski definition) is 3. The average Bonchev–Trinajstić information content (AvgIpc) is 2.76. The van der Waals surface area contributed by atoms with Gasteiger partial charge in [-0.15, -0.1) is 0 Å². The van der Waals surface area contributed by atoms with E-state index in [1.54, 1.807) is 0 Å². The monoisotopic (exact) mass is 447 g/mol. The zero-order valence-electron chi connectivity index (χ0n) is 20.4. The average molecular weight is 448 g/mol. The van der Waals surface area contributed by atoms with Gasteiger partial charge in [-0.3, -0.25) is 9.59 Å². The van der Waals surface area contributed by atoms with E-state index in [0.717, 1.165) is 38.5 Å². The van der Waals surface area contributed by atoms with E-state index in [4.69, 9.17) is 0 Å². The van der Waals surface area contributed by atoms with Gasteiger partial charge in [0.2, 0.25) is 5.91 Å². The predicted octanol–water partition coefficient (Wildman–Crippen LogP) is 7.43. The largest absolute Gasteiger partial charge is 0.508 e. The number of rotatable bonds is 19. The first-order valence-electron chi connectivity index (χ1n) is 12.8. The first kappa shape index (κ1) is 28.0. The van der Waals surface area contributed by atoms with Crippen molar-refractivity contribution in [1.82, 2.24) is 0 Å². The van der Waals surface area contributed by atoms with Crippen molar-refractivity contribution < 1.29 is 19.8 Å². The molecule has 0 atom stereocenters. The van der Waals surface area contributed by atoms with Crippen LogP contribution in [-0.4, -0.2) is 21.9 Å². The van der Waals surface area contributed by atoms with Crippen LogP contribution >= 0.6 is 0 Å². The van der Waals surface area contributed by atoms with Crippen molar-refractivity contribution in [3.63, 3.8) is 0 Å². The Hall–Kier alpha value is -2.04. The molecule has 0 heterocycles. The quantitative estimate of drug-likeness (QED) is 0.117. The molecule has 0 saturated carbocycles. The molecule has 1 amide bonds. The van der Waals surface area contributed by atoms with Crippen molar-refractivity contribution in [3.05, 3.63) is 17.7 Å². The van der Waals surface area contributed by atoms with E-state index in [9.17, 15) is 19.8 Å². The number of unbranched alkanes of at least 4 members (excludes halogenated alkanes) is 12. The Balaban J connectivity index is 2.35. The van der Waals surface area contributed by atoms with Crippen molar-refractivity contribution in [1.29, 1.82) is 0 Å². The highest BCUT2D eigenvalue weighted by Gasteiger charge is 2.14. The van der Waals surface area contributed by atoms with Crippen LogP contribution in [0.3, 0.4) is 0 Å². The Morgan fingerprint density at radius 2 is 1.19 bits per heavy atom. The van der Waals surface area contributed by atoms with E-state index in [2.05, 4.69) is 19.2 Å². The molecule has 0 fully saturated rings. The lowest BCUT2D eigenvalue weighted by atomic mass is 10.0. The van der Waals surface area contributed by atoms with Crippen molar-refractivity contribution in [2.24, 2.45) is 0 Å². The molecular formula is C27H45NO4. The van der Waals surface area contributed by atoms with Crippen molar-refractivity contribution in [3.8, 4) is 11.5 Å². The van der Waals surface area contributed by atoms with Gasteiger partial charge in [0.15, 0.2) is 0 Å². The molecule has 0 aromatic heterocycles. The van der Waals surface area contributed by atoms with E-state index >= 15 is 0 Å². The van der Waals surface area contributed by atoms with Crippen LogP contribution in [0.1, 0.15) is 122 Å². The van der Waals surface area contributed by atoms with E-state index in [1.807, 2.05) is 0 Å². The summed E-state index contributed by atoms with van der Waals surface area (Å²) in [4.78, 5) is 24.4. The molecule has 0 saturated heterocycles. The maximum Gasteiger partial charge on any atom is 0.224 e. The van der Waals surface area contributed by atoms with Gasteiger partial charge in [0, 0.05) is 30.9 Å². The molecule has 0 aliphatic heterocycles. The lowest BCUT2D eigenvalue weighted by Gasteiger charge is -2.11. The van der Waals surface area contributed by atoms with Crippen LogP contribution in [0.5, 0.6) is 11.5 Å². The number of phenolic OH excluding ortho intramolecular Hbond substituents is 2. The van der Waals surface area contributed by atoms with Gasteiger partial charge in [0.25, 0.3) is 0 Å². The van der Waals surface area contributed by atoms with E-state index in [1.165, 1.54) is 63.5 Å². The fourth-order valence-electron chi connectivity index (χ4n) is 3.90. The summed E-state index contributed by atoms with van der Waals surface area (Å²) in [6.07, 6.45) is 17.0. The lowest BCUT2D eigenvalue weighted by molar-refractivity contribution is -0.118. The van der Waals surface area contributed by atoms with Crippen molar-refractivity contribution >= 4 is 17.4 Å². The summed E-state index contributed by atoms with van der Waals surface area (Å²) in [5.74, 6) is -0.295. The smallest absolute Gasteiger partial charge is 0.224 e. The summed E-state index contributed by atoms with van der Waals surface area (Å²) >= 11 is 0. The van der Waals surface area contributed by atoms with E-state index < -0.39 is 0 Å². The molecule has 0 spiro atoms. The number of benzene rings is 1. The molecular weight excluding hydrogens is 402 g/mol. The lowest BCUT2D eigenvalue weighted by Crippen LogP contribution is -2.11. The molecule has 5 heteroatoms. The van der Waals surface area contributed by atoms with Crippen LogP contribution in [-0.2, 0) is 16.0 Å². The summed E-state index contributed by atoms with van der Waals surface area (Å²) in [6.45, 7) is 4.39. The normalized spacial score (nSPS) is 10.9. The molecule has 0 aliphatic carbocycles. The van der Waals surface area contributed by atoms with Crippen LogP contribution in [0.15, 0.2) is 12.1 Å². The zero-order valence-corrected chi connectivity index (χ0v) is 20.4.